The van der Waals surface area contributed by atoms with Gasteiger partial charge >= 0.3 is 0 Å². The number of hydrogen-bond acceptors (Lipinski definition) is 4. The van der Waals surface area contributed by atoms with Gasteiger partial charge in [-0.1, -0.05) is 42.0 Å². The molecule has 1 N–H and O–H groups in total. The van der Waals surface area contributed by atoms with Crippen LogP contribution in [0.3, 0.4) is 0 Å². The number of hydrogen-bond donors (Lipinski definition) is 1. The van der Waals surface area contributed by atoms with E-state index in [-0.39, 0.29) is 4.90 Å². The lowest BCUT2D eigenvalue weighted by atomic mass is 10.1. The molecular weight excluding hydrogens is 496 g/mol. The van der Waals surface area contributed by atoms with E-state index in [1.165, 1.54) is 23.3 Å². The first-order chi connectivity index (χ1) is 18.1. The molecule has 0 aliphatic rings. The van der Waals surface area contributed by atoms with Crippen LogP contribution < -0.4 is 9.73 Å². The van der Waals surface area contributed by atoms with Gasteiger partial charge in [0.15, 0.2) is 0 Å². The lowest BCUT2D eigenvalue weighted by molar-refractivity contribution is -0.119. The molecule has 1 amide bonds. The normalized spacial score (nSPS) is 11.6. The molecule has 0 atom stereocenters. The molecule has 8 heteroatoms. The van der Waals surface area contributed by atoms with Gasteiger partial charge in [0.25, 0.3) is 15.9 Å². The van der Waals surface area contributed by atoms with Crippen molar-refractivity contribution in [2.75, 3.05) is 10.8 Å². The van der Waals surface area contributed by atoms with Gasteiger partial charge in [0.05, 0.1) is 16.8 Å². The fourth-order valence-corrected chi connectivity index (χ4v) is 5.92. The number of rotatable bonds is 8. The van der Waals surface area contributed by atoms with E-state index in [1.54, 1.807) is 36.5 Å². The second-order valence-electron chi connectivity index (χ2n) is 9.46. The summed E-state index contributed by atoms with van der Waals surface area (Å²) in [5, 5.41) is 4.14. The van der Waals surface area contributed by atoms with E-state index in [0.717, 1.165) is 32.5 Å². The van der Waals surface area contributed by atoms with Gasteiger partial charge in [-0.3, -0.25) is 9.10 Å². The molecular formula is C30H32N4O3S. The zero-order valence-corrected chi connectivity index (χ0v) is 23.1. The van der Waals surface area contributed by atoms with Gasteiger partial charge in [-0.05, 0) is 88.2 Å². The summed E-state index contributed by atoms with van der Waals surface area (Å²) >= 11 is 0. The summed E-state index contributed by atoms with van der Waals surface area (Å²) in [4.78, 5) is 13.0. The fraction of sp³-hybridized carbons (Fsp3) is 0.200. The fourth-order valence-electron chi connectivity index (χ4n) is 4.48. The van der Waals surface area contributed by atoms with Crippen molar-refractivity contribution in [3.05, 3.63) is 113 Å². The standard InChI is InChI=1S/C30H32N4O3S/c1-21-11-13-27(14-12-21)33(38(36,37)29-9-7-6-8-10-29)20-30(35)32-31-19-26-18-24(4)34(25(26)5)28-16-22(2)15-23(3)17-28/h6-19H,20H2,1-5H3,(H,32,35)/b31-19-. The molecule has 196 valence electrons. The molecule has 1 aromatic heterocycles. The summed E-state index contributed by atoms with van der Waals surface area (Å²) in [6, 6.07) is 23.5. The topological polar surface area (TPSA) is 83.8 Å². The summed E-state index contributed by atoms with van der Waals surface area (Å²) in [7, 11) is -3.97. The van der Waals surface area contributed by atoms with Gasteiger partial charge in [0, 0.05) is 22.6 Å². The number of aryl methyl sites for hydroxylation is 4. The van der Waals surface area contributed by atoms with Crippen LogP contribution in [-0.4, -0.2) is 31.7 Å². The molecule has 0 radical (unpaired) electrons. The third-order valence-electron chi connectivity index (χ3n) is 6.27. The molecule has 4 rings (SSSR count). The van der Waals surface area contributed by atoms with Gasteiger partial charge in [0.2, 0.25) is 0 Å². The maximum Gasteiger partial charge on any atom is 0.264 e. The Kier molecular flexibility index (Phi) is 7.83. The van der Waals surface area contributed by atoms with Crippen LogP contribution in [0.1, 0.15) is 33.6 Å². The highest BCUT2D eigenvalue weighted by Crippen LogP contribution is 2.24. The molecule has 38 heavy (non-hydrogen) atoms. The van der Waals surface area contributed by atoms with E-state index in [9.17, 15) is 13.2 Å². The van der Waals surface area contributed by atoms with Gasteiger partial charge in [-0.2, -0.15) is 5.10 Å². The molecule has 3 aromatic carbocycles. The number of anilines is 1. The van der Waals surface area contributed by atoms with E-state index in [1.807, 2.05) is 39.0 Å². The first-order valence-electron chi connectivity index (χ1n) is 12.3. The van der Waals surface area contributed by atoms with Crippen molar-refractivity contribution in [2.24, 2.45) is 5.10 Å². The number of aromatic nitrogens is 1. The van der Waals surface area contributed by atoms with Crippen LogP contribution in [0.2, 0.25) is 0 Å². The van der Waals surface area contributed by atoms with Crippen LogP contribution in [0.15, 0.2) is 88.9 Å². The molecule has 0 fully saturated rings. The first-order valence-corrected chi connectivity index (χ1v) is 13.7. The van der Waals surface area contributed by atoms with Crippen molar-refractivity contribution in [1.82, 2.24) is 9.99 Å². The summed E-state index contributed by atoms with van der Waals surface area (Å²) in [5.41, 5.74) is 10.2. The van der Waals surface area contributed by atoms with Crippen molar-refractivity contribution in [2.45, 2.75) is 39.5 Å². The minimum absolute atomic E-state index is 0.107. The Morgan fingerprint density at radius 1 is 0.868 bits per heavy atom. The molecule has 1 heterocycles. The number of carbonyl (C=O) groups is 1. The molecule has 0 unspecified atom stereocenters. The number of benzene rings is 3. The third-order valence-corrected chi connectivity index (χ3v) is 8.06. The zero-order valence-electron chi connectivity index (χ0n) is 22.3. The average molecular weight is 529 g/mol. The maximum atomic E-state index is 13.4. The summed E-state index contributed by atoms with van der Waals surface area (Å²) in [6.07, 6.45) is 1.58. The predicted octanol–water partition coefficient (Wildman–Crippen LogP) is 5.37. The molecule has 0 saturated carbocycles. The van der Waals surface area contributed by atoms with Crippen molar-refractivity contribution in [1.29, 1.82) is 0 Å². The Hall–Kier alpha value is -4.17. The Labute approximate surface area is 224 Å². The van der Waals surface area contributed by atoms with Crippen LogP contribution >= 0.6 is 0 Å². The number of hydrazone groups is 1. The minimum atomic E-state index is -3.97. The highest BCUT2D eigenvalue weighted by Gasteiger charge is 2.27. The SMILES string of the molecule is Cc1ccc(N(CC(=O)N/N=C\c2cc(C)n(-c3cc(C)cc(C)c3)c2C)S(=O)(=O)c2ccccc2)cc1. The van der Waals surface area contributed by atoms with Crippen molar-refractivity contribution in [3.63, 3.8) is 0 Å². The highest BCUT2D eigenvalue weighted by atomic mass is 32.2. The van der Waals surface area contributed by atoms with E-state index < -0.39 is 22.5 Å². The van der Waals surface area contributed by atoms with Gasteiger partial charge < -0.3 is 4.57 Å². The molecule has 4 aromatic rings. The smallest absolute Gasteiger partial charge is 0.264 e. The van der Waals surface area contributed by atoms with E-state index in [4.69, 9.17) is 0 Å². The second-order valence-corrected chi connectivity index (χ2v) is 11.3. The third kappa shape index (κ3) is 5.86. The van der Waals surface area contributed by atoms with E-state index >= 15 is 0 Å². The Morgan fingerprint density at radius 2 is 1.50 bits per heavy atom. The van der Waals surface area contributed by atoms with Crippen LogP contribution in [0, 0.1) is 34.6 Å². The van der Waals surface area contributed by atoms with Crippen molar-refractivity contribution < 1.29 is 13.2 Å². The second kappa shape index (κ2) is 11.1. The van der Waals surface area contributed by atoms with Crippen LogP contribution in [0.25, 0.3) is 5.69 Å². The van der Waals surface area contributed by atoms with Gasteiger partial charge in [-0.25, -0.2) is 13.8 Å². The molecule has 0 aliphatic carbocycles. The van der Waals surface area contributed by atoms with Gasteiger partial charge in [-0.15, -0.1) is 0 Å². The number of nitrogens with zero attached hydrogens (tertiary/aromatic N) is 3. The number of sulfonamides is 1. The first kappa shape index (κ1) is 26.9. The van der Waals surface area contributed by atoms with Gasteiger partial charge in [0.1, 0.15) is 6.54 Å². The summed E-state index contributed by atoms with van der Waals surface area (Å²) in [6.45, 7) is 9.66. The lowest BCUT2D eigenvalue weighted by Crippen LogP contribution is -2.39. The quantitative estimate of drug-likeness (QED) is 0.247. The number of carbonyl (C=O) groups excluding carboxylic acids is 1. The molecule has 0 saturated heterocycles. The number of nitrogens with one attached hydrogen (secondary N) is 1. The predicted molar refractivity (Wildman–Crippen MR) is 153 cm³/mol. The lowest BCUT2D eigenvalue weighted by Gasteiger charge is -2.23. The largest absolute Gasteiger partial charge is 0.318 e. The van der Waals surface area contributed by atoms with Crippen LogP contribution in [0.4, 0.5) is 5.69 Å². The highest BCUT2D eigenvalue weighted by molar-refractivity contribution is 7.92. The Bertz CT molecular complexity index is 1570. The molecule has 7 nitrogen and oxygen atoms in total. The monoisotopic (exact) mass is 528 g/mol. The Balaban J connectivity index is 1.55. The summed E-state index contributed by atoms with van der Waals surface area (Å²) in [5.74, 6) is -0.551. The van der Waals surface area contributed by atoms with E-state index in [0.29, 0.717) is 5.69 Å². The zero-order chi connectivity index (χ0) is 27.4. The average Bonchev–Trinajstić information content (AvgIpc) is 3.15. The van der Waals surface area contributed by atoms with Crippen molar-refractivity contribution in [3.8, 4) is 5.69 Å². The van der Waals surface area contributed by atoms with E-state index in [2.05, 4.69) is 47.1 Å². The molecule has 0 aliphatic heterocycles. The minimum Gasteiger partial charge on any atom is -0.318 e. The van der Waals surface area contributed by atoms with Crippen molar-refractivity contribution >= 4 is 27.8 Å². The summed E-state index contributed by atoms with van der Waals surface area (Å²) < 4.78 is 30.1. The van der Waals surface area contributed by atoms with Crippen LogP contribution in [0.5, 0.6) is 0 Å². The number of amides is 1. The molecule has 0 bridgehead atoms. The van der Waals surface area contributed by atoms with Crippen LogP contribution in [-0.2, 0) is 14.8 Å². The molecule has 0 spiro atoms. The Morgan fingerprint density at radius 3 is 2.13 bits per heavy atom. The maximum absolute atomic E-state index is 13.4.